The molecule has 1 amide bonds. The number of aromatic nitrogens is 3. The Labute approximate surface area is 129 Å². The molecule has 2 aromatic heterocycles. The second-order valence-corrected chi connectivity index (χ2v) is 6.42. The number of nitrogens with one attached hydrogen (secondary N) is 1. The minimum atomic E-state index is -0.0975. The quantitative estimate of drug-likeness (QED) is 0.917. The lowest BCUT2D eigenvalue weighted by Crippen LogP contribution is -2.41. The predicted molar refractivity (Wildman–Crippen MR) is 83.9 cm³/mol. The van der Waals surface area contributed by atoms with Crippen molar-refractivity contribution in [2.24, 2.45) is 5.92 Å². The van der Waals surface area contributed by atoms with Crippen molar-refractivity contribution < 1.29 is 4.79 Å². The smallest absolute Gasteiger partial charge is 0.272 e. The minimum Gasteiger partial charge on any atom is -0.342 e. The van der Waals surface area contributed by atoms with E-state index >= 15 is 0 Å². The molecule has 1 atom stereocenters. The molecule has 1 N–H and O–H groups in total. The summed E-state index contributed by atoms with van der Waals surface area (Å²) in [6.07, 6.45) is 2.00. The van der Waals surface area contributed by atoms with E-state index in [2.05, 4.69) is 10.1 Å². The average molecular weight is 302 g/mol. The predicted octanol–water partition coefficient (Wildman–Crippen LogP) is 1.69. The molecule has 0 saturated carbocycles. The fourth-order valence-electron chi connectivity index (χ4n) is 3.13. The Morgan fingerprint density at radius 2 is 2.18 bits per heavy atom. The van der Waals surface area contributed by atoms with Crippen LogP contribution < -0.4 is 5.56 Å². The Morgan fingerprint density at radius 3 is 2.91 bits per heavy atom. The second-order valence-electron chi connectivity index (χ2n) is 6.42. The van der Waals surface area contributed by atoms with Crippen molar-refractivity contribution in [3.8, 4) is 0 Å². The molecule has 6 heteroatoms. The zero-order chi connectivity index (χ0) is 15.9. The number of hydrogen-bond acceptors (Lipinski definition) is 3. The van der Waals surface area contributed by atoms with Gasteiger partial charge in [-0.1, -0.05) is 13.8 Å². The van der Waals surface area contributed by atoms with E-state index in [4.69, 9.17) is 0 Å². The Morgan fingerprint density at radius 1 is 1.41 bits per heavy atom. The molecule has 1 saturated heterocycles. The average Bonchev–Trinajstić information content (AvgIpc) is 2.90. The third kappa shape index (κ3) is 2.65. The van der Waals surface area contributed by atoms with Gasteiger partial charge in [-0.15, -0.1) is 0 Å². The van der Waals surface area contributed by atoms with Gasteiger partial charge >= 0.3 is 0 Å². The summed E-state index contributed by atoms with van der Waals surface area (Å²) in [4.78, 5) is 30.5. The van der Waals surface area contributed by atoms with E-state index < -0.39 is 0 Å². The number of fused-ring (bicyclic) bond motifs is 1. The third-order valence-corrected chi connectivity index (χ3v) is 4.27. The number of hydrogen-bond donors (Lipinski definition) is 1. The van der Waals surface area contributed by atoms with E-state index in [0.29, 0.717) is 12.2 Å². The van der Waals surface area contributed by atoms with Crippen LogP contribution in [0.2, 0.25) is 0 Å². The fraction of sp³-hybridized carbons (Fsp3) is 0.562. The van der Waals surface area contributed by atoms with Crippen LogP contribution in [0, 0.1) is 12.8 Å². The topological polar surface area (TPSA) is 70.5 Å². The number of rotatable bonds is 2. The zero-order valence-electron chi connectivity index (χ0n) is 13.3. The molecule has 6 nitrogen and oxygen atoms in total. The summed E-state index contributed by atoms with van der Waals surface area (Å²) >= 11 is 0. The number of nitrogens with zero attached hydrogens (tertiary/aromatic N) is 3. The summed E-state index contributed by atoms with van der Waals surface area (Å²) in [5.74, 6) is 0.457. The molecule has 0 unspecified atom stereocenters. The number of H-pyrrole nitrogens is 1. The Bertz CT molecular complexity index is 759. The van der Waals surface area contributed by atoms with Gasteiger partial charge in [0.05, 0.1) is 0 Å². The van der Waals surface area contributed by atoms with Gasteiger partial charge in [-0.25, -0.2) is 9.50 Å². The number of carbonyl (C=O) groups excluding carboxylic acids is 1. The highest BCUT2D eigenvalue weighted by molar-refractivity contribution is 5.78. The van der Waals surface area contributed by atoms with E-state index in [0.717, 1.165) is 30.8 Å². The molecule has 2 aromatic rings. The summed E-state index contributed by atoms with van der Waals surface area (Å²) in [6, 6.07) is 3.45. The number of piperidine rings is 1. The van der Waals surface area contributed by atoms with Crippen molar-refractivity contribution in [1.82, 2.24) is 19.5 Å². The van der Waals surface area contributed by atoms with Gasteiger partial charge in [0.2, 0.25) is 5.91 Å². The lowest BCUT2D eigenvalue weighted by atomic mass is 9.94. The van der Waals surface area contributed by atoms with Crippen LogP contribution in [-0.4, -0.2) is 38.5 Å². The maximum absolute atomic E-state index is 12.2. The van der Waals surface area contributed by atoms with Crippen LogP contribution in [-0.2, 0) is 4.79 Å². The monoisotopic (exact) mass is 302 g/mol. The van der Waals surface area contributed by atoms with Crippen molar-refractivity contribution in [3.63, 3.8) is 0 Å². The number of aryl methyl sites for hydroxylation is 1. The van der Waals surface area contributed by atoms with E-state index in [1.54, 1.807) is 0 Å². The molecule has 0 aliphatic carbocycles. The van der Waals surface area contributed by atoms with Crippen LogP contribution in [0.15, 0.2) is 16.9 Å². The van der Waals surface area contributed by atoms with Crippen LogP contribution in [0.3, 0.4) is 0 Å². The maximum atomic E-state index is 12.2. The van der Waals surface area contributed by atoms with Gasteiger partial charge in [-0.2, -0.15) is 0 Å². The fourth-order valence-corrected chi connectivity index (χ4v) is 3.13. The van der Waals surface area contributed by atoms with Crippen molar-refractivity contribution in [2.75, 3.05) is 13.1 Å². The first kappa shape index (κ1) is 14.8. The van der Waals surface area contributed by atoms with Crippen LogP contribution >= 0.6 is 0 Å². The maximum Gasteiger partial charge on any atom is 0.272 e. The Hall–Kier alpha value is -2.11. The van der Waals surface area contributed by atoms with E-state index in [1.807, 2.05) is 31.7 Å². The molecule has 22 heavy (non-hydrogen) atoms. The molecule has 1 aliphatic heterocycles. The summed E-state index contributed by atoms with van der Waals surface area (Å²) < 4.78 is 1.48. The van der Waals surface area contributed by atoms with Crippen molar-refractivity contribution in [1.29, 1.82) is 0 Å². The van der Waals surface area contributed by atoms with Gasteiger partial charge < -0.3 is 4.90 Å². The van der Waals surface area contributed by atoms with Gasteiger partial charge in [0.25, 0.3) is 5.56 Å². The molecule has 0 aromatic carbocycles. The highest BCUT2D eigenvalue weighted by Gasteiger charge is 2.27. The molecule has 0 bridgehead atoms. The number of carbonyl (C=O) groups is 1. The summed E-state index contributed by atoms with van der Waals surface area (Å²) in [6.45, 7) is 7.21. The van der Waals surface area contributed by atoms with Crippen LogP contribution in [0.5, 0.6) is 0 Å². The first-order valence-electron chi connectivity index (χ1n) is 7.84. The van der Waals surface area contributed by atoms with Gasteiger partial charge in [-0.3, -0.25) is 14.7 Å². The van der Waals surface area contributed by atoms with E-state index in [9.17, 15) is 9.59 Å². The van der Waals surface area contributed by atoms with Crippen molar-refractivity contribution in [3.05, 3.63) is 33.9 Å². The second kappa shape index (κ2) is 5.59. The standard InChI is InChI=1S/C16H22N4O2/c1-10(2)16(22)19-6-4-5-12(9-19)13-8-14-17-11(3)7-15(21)20(14)18-13/h7-8,10,12,18H,4-6,9H2,1-3H3/t12-/m1/s1. The molecule has 1 aliphatic rings. The molecule has 3 rings (SSSR count). The normalized spacial score (nSPS) is 19.1. The third-order valence-electron chi connectivity index (χ3n) is 4.27. The zero-order valence-corrected chi connectivity index (χ0v) is 13.3. The summed E-state index contributed by atoms with van der Waals surface area (Å²) in [5.41, 5.74) is 2.25. The molecule has 1 fully saturated rings. The number of amides is 1. The highest BCUT2D eigenvalue weighted by Crippen LogP contribution is 2.27. The first-order chi connectivity index (χ1) is 10.5. The van der Waals surface area contributed by atoms with Gasteiger partial charge in [0.1, 0.15) is 0 Å². The van der Waals surface area contributed by atoms with Crippen molar-refractivity contribution in [2.45, 2.75) is 39.5 Å². The van der Waals surface area contributed by atoms with Gasteiger partial charge in [0, 0.05) is 48.4 Å². The van der Waals surface area contributed by atoms with Gasteiger partial charge in [-0.05, 0) is 19.8 Å². The highest BCUT2D eigenvalue weighted by atomic mass is 16.2. The van der Waals surface area contributed by atoms with E-state index in [-0.39, 0.29) is 23.3 Å². The van der Waals surface area contributed by atoms with Gasteiger partial charge in [0.15, 0.2) is 5.65 Å². The van der Waals surface area contributed by atoms with E-state index in [1.165, 1.54) is 10.6 Å². The molecule has 118 valence electrons. The first-order valence-corrected chi connectivity index (χ1v) is 7.84. The lowest BCUT2D eigenvalue weighted by Gasteiger charge is -2.33. The largest absolute Gasteiger partial charge is 0.342 e. The van der Waals surface area contributed by atoms with Crippen LogP contribution in [0.25, 0.3) is 5.65 Å². The molecule has 0 spiro atoms. The molecular weight excluding hydrogens is 280 g/mol. The summed E-state index contributed by atoms with van der Waals surface area (Å²) in [5, 5.41) is 3.15. The number of aromatic amines is 1. The number of likely N-dealkylation sites (tertiary alicyclic amines) is 1. The Kier molecular flexibility index (Phi) is 3.76. The molecule has 3 heterocycles. The Balaban J connectivity index is 1.89. The molecule has 0 radical (unpaired) electrons. The van der Waals surface area contributed by atoms with Crippen LogP contribution in [0.1, 0.15) is 44.0 Å². The van der Waals surface area contributed by atoms with Crippen LogP contribution in [0.4, 0.5) is 0 Å². The molecular formula is C16H22N4O2. The van der Waals surface area contributed by atoms with Crippen molar-refractivity contribution >= 4 is 11.6 Å². The minimum absolute atomic E-state index is 0.0217. The summed E-state index contributed by atoms with van der Waals surface area (Å²) in [7, 11) is 0. The lowest BCUT2D eigenvalue weighted by molar-refractivity contribution is -0.135. The SMILES string of the molecule is Cc1cc(=O)n2[nH]c([C@@H]3CCCN(C(=O)C(C)C)C3)cc2n1.